The summed E-state index contributed by atoms with van der Waals surface area (Å²) in [4.78, 5) is 22.5. The summed E-state index contributed by atoms with van der Waals surface area (Å²) in [5, 5.41) is 0. The van der Waals surface area contributed by atoms with Crippen LogP contribution in [0.5, 0.6) is 6.01 Å². The predicted molar refractivity (Wildman–Crippen MR) is 135 cm³/mol. The average Bonchev–Trinajstić information content (AvgIpc) is 3.54. The van der Waals surface area contributed by atoms with Gasteiger partial charge in [-0.15, -0.1) is 0 Å². The number of hydrogen-bond donors (Lipinski definition) is 0. The lowest BCUT2D eigenvalue weighted by atomic mass is 10.1. The highest BCUT2D eigenvalue weighted by molar-refractivity contribution is 5.79. The number of hydrogen-bond acceptors (Lipinski definition) is 7. The number of likely N-dealkylation sites (N-methyl/N-ethyl adjacent to an activating group) is 1. The highest BCUT2D eigenvalue weighted by atomic mass is 19.1. The second-order valence-corrected chi connectivity index (χ2v) is 9.95. The Kier molecular flexibility index (Phi) is 6.08. The van der Waals surface area contributed by atoms with E-state index >= 15 is 4.39 Å². The first kappa shape index (κ1) is 23.9. The van der Waals surface area contributed by atoms with E-state index in [2.05, 4.69) is 31.8 Å². The van der Waals surface area contributed by atoms with E-state index in [1.54, 1.807) is 10.6 Å². The van der Waals surface area contributed by atoms with Crippen LogP contribution in [0.4, 0.5) is 8.78 Å². The molecule has 0 radical (unpaired) electrons. The van der Waals surface area contributed by atoms with Crippen molar-refractivity contribution in [2.45, 2.75) is 45.4 Å². The number of halogens is 2. The molecule has 2 atom stereocenters. The summed E-state index contributed by atoms with van der Waals surface area (Å²) in [6.45, 7) is 7.08. The Morgan fingerprint density at radius 3 is 2.59 bits per heavy atom. The molecule has 0 spiro atoms. The fourth-order valence-electron chi connectivity index (χ4n) is 5.57. The van der Waals surface area contributed by atoms with Gasteiger partial charge < -0.3 is 14.2 Å². The Balaban J connectivity index is 1.35. The summed E-state index contributed by atoms with van der Waals surface area (Å²) in [5.41, 5.74) is 3.59. The number of benzene rings is 1. The number of pyridine rings is 1. The van der Waals surface area contributed by atoms with Gasteiger partial charge in [0, 0.05) is 49.0 Å². The van der Waals surface area contributed by atoms with Gasteiger partial charge in [-0.05, 0) is 45.0 Å². The first-order valence-corrected chi connectivity index (χ1v) is 12.6. The molecule has 0 aliphatic carbocycles. The lowest BCUT2D eigenvalue weighted by Crippen LogP contribution is -2.43. The zero-order valence-corrected chi connectivity index (χ0v) is 21.2. The molecule has 1 aromatic carbocycles. The summed E-state index contributed by atoms with van der Waals surface area (Å²) in [6.07, 6.45) is 3.86. The van der Waals surface area contributed by atoms with Crippen LogP contribution in [-0.4, -0.2) is 73.1 Å². The third-order valence-corrected chi connectivity index (χ3v) is 7.44. The Morgan fingerprint density at radius 2 is 1.89 bits per heavy atom. The van der Waals surface area contributed by atoms with Crippen molar-refractivity contribution in [3.05, 3.63) is 65.1 Å². The molecule has 2 fully saturated rings. The van der Waals surface area contributed by atoms with Gasteiger partial charge in [-0.1, -0.05) is 12.1 Å². The Bertz CT molecular complexity index is 1470. The maximum atomic E-state index is 15.5. The van der Waals surface area contributed by atoms with Crippen molar-refractivity contribution in [3.63, 3.8) is 0 Å². The summed E-state index contributed by atoms with van der Waals surface area (Å²) >= 11 is 0. The average molecular weight is 506 g/mol. The molecule has 2 bridgehead atoms. The molecule has 5 heterocycles. The van der Waals surface area contributed by atoms with Crippen LogP contribution in [0.2, 0.25) is 0 Å². The van der Waals surface area contributed by atoms with Crippen LogP contribution in [0.1, 0.15) is 30.2 Å². The molecule has 10 heteroatoms. The van der Waals surface area contributed by atoms with Crippen molar-refractivity contribution in [3.8, 4) is 17.4 Å². The van der Waals surface area contributed by atoms with Crippen molar-refractivity contribution < 1.29 is 13.5 Å². The number of aromatic nitrogens is 5. The number of piperazine rings is 1. The number of fused-ring (bicyclic) bond motifs is 3. The van der Waals surface area contributed by atoms with Gasteiger partial charge in [0.05, 0.1) is 25.0 Å². The molecule has 3 aromatic heterocycles. The van der Waals surface area contributed by atoms with Gasteiger partial charge in [0.1, 0.15) is 23.0 Å². The smallest absolute Gasteiger partial charge is 0.318 e. The molecule has 37 heavy (non-hydrogen) atoms. The SMILES string of the molecule is CCOc1nc(C)c2nc(-c3cncc(F)c3)n(Cc3ccc(CN4C[C@@H]5C[C@H]4CN5C)cc3F)c2n1. The number of aryl methyl sites for hydroxylation is 1. The molecule has 2 aliphatic heterocycles. The van der Waals surface area contributed by atoms with E-state index in [0.717, 1.165) is 31.4 Å². The van der Waals surface area contributed by atoms with Crippen LogP contribution in [0.15, 0.2) is 36.7 Å². The highest BCUT2D eigenvalue weighted by Crippen LogP contribution is 2.31. The van der Waals surface area contributed by atoms with Crippen molar-refractivity contribution >= 4 is 11.2 Å². The van der Waals surface area contributed by atoms with Crippen LogP contribution >= 0.6 is 0 Å². The van der Waals surface area contributed by atoms with Gasteiger partial charge in [-0.25, -0.2) is 13.8 Å². The molecule has 0 saturated carbocycles. The van der Waals surface area contributed by atoms with Gasteiger partial charge in [-0.3, -0.25) is 9.88 Å². The molecule has 0 unspecified atom stereocenters. The highest BCUT2D eigenvalue weighted by Gasteiger charge is 2.41. The summed E-state index contributed by atoms with van der Waals surface area (Å²) in [5.74, 6) is -0.333. The third-order valence-electron chi connectivity index (χ3n) is 7.44. The Hall–Kier alpha value is -3.50. The lowest BCUT2D eigenvalue weighted by molar-refractivity contribution is 0.143. The topological polar surface area (TPSA) is 72.2 Å². The predicted octanol–water partition coefficient (Wildman–Crippen LogP) is 3.81. The van der Waals surface area contributed by atoms with E-state index < -0.39 is 5.82 Å². The normalized spacial score (nSPS) is 19.8. The molecule has 0 amide bonds. The lowest BCUT2D eigenvalue weighted by Gasteiger charge is -2.31. The zero-order valence-electron chi connectivity index (χ0n) is 21.2. The first-order valence-electron chi connectivity index (χ1n) is 12.6. The monoisotopic (exact) mass is 505 g/mol. The van der Waals surface area contributed by atoms with Crippen LogP contribution in [0.3, 0.4) is 0 Å². The number of ether oxygens (including phenoxy) is 1. The van der Waals surface area contributed by atoms with E-state index in [-0.39, 0.29) is 18.4 Å². The van der Waals surface area contributed by atoms with E-state index in [9.17, 15) is 4.39 Å². The Morgan fingerprint density at radius 1 is 1.03 bits per heavy atom. The minimum Gasteiger partial charge on any atom is -0.464 e. The number of likely N-dealkylation sites (tertiary alicyclic amines) is 2. The van der Waals surface area contributed by atoms with Gasteiger partial charge in [-0.2, -0.15) is 9.97 Å². The van der Waals surface area contributed by atoms with Crippen LogP contribution in [0.25, 0.3) is 22.6 Å². The maximum Gasteiger partial charge on any atom is 0.318 e. The van der Waals surface area contributed by atoms with Crippen molar-refractivity contribution in [1.82, 2.24) is 34.3 Å². The van der Waals surface area contributed by atoms with Gasteiger partial charge >= 0.3 is 6.01 Å². The Labute approximate surface area is 213 Å². The van der Waals surface area contributed by atoms with Crippen molar-refractivity contribution in [2.24, 2.45) is 0 Å². The summed E-state index contributed by atoms with van der Waals surface area (Å²) in [7, 11) is 2.17. The number of rotatable bonds is 7. The van der Waals surface area contributed by atoms with E-state index in [1.807, 2.05) is 26.0 Å². The molecular formula is C27H29F2N7O. The van der Waals surface area contributed by atoms with Gasteiger partial charge in [0.25, 0.3) is 0 Å². The molecule has 2 saturated heterocycles. The second-order valence-electron chi connectivity index (χ2n) is 9.95. The van der Waals surface area contributed by atoms with Gasteiger partial charge in [0.2, 0.25) is 0 Å². The second kappa shape index (κ2) is 9.42. The van der Waals surface area contributed by atoms with Crippen molar-refractivity contribution in [2.75, 3.05) is 26.7 Å². The fourth-order valence-corrected chi connectivity index (χ4v) is 5.57. The van der Waals surface area contributed by atoms with Gasteiger partial charge in [0.15, 0.2) is 5.65 Å². The molecular weight excluding hydrogens is 476 g/mol. The maximum absolute atomic E-state index is 15.5. The quantitative estimate of drug-likeness (QED) is 0.378. The minimum atomic E-state index is -0.480. The molecule has 4 aromatic rings. The summed E-state index contributed by atoms with van der Waals surface area (Å²) in [6, 6.07) is 8.16. The molecule has 0 N–H and O–H groups in total. The van der Waals surface area contributed by atoms with Crippen LogP contribution in [-0.2, 0) is 13.1 Å². The number of imidazole rings is 1. The van der Waals surface area contributed by atoms with Crippen LogP contribution in [0, 0.1) is 18.6 Å². The standard InChI is InChI=1S/C27H29F2N7O/c1-4-37-27-31-16(2)24-26(33-27)36(25(32-24)19-8-20(28)11-30-10-19)13-18-6-5-17(7-23(18)29)12-35-15-21-9-22(35)14-34(21)3/h5-8,10-11,21-22H,4,9,12-15H2,1-3H3/t21-,22-/m0/s1. The molecule has 2 aliphatic rings. The van der Waals surface area contributed by atoms with E-state index in [1.165, 1.54) is 18.7 Å². The fraction of sp³-hybridized carbons (Fsp3) is 0.407. The molecule has 8 nitrogen and oxygen atoms in total. The van der Waals surface area contributed by atoms with E-state index in [4.69, 9.17) is 9.72 Å². The molecule has 6 rings (SSSR count). The van der Waals surface area contributed by atoms with Crippen LogP contribution < -0.4 is 4.74 Å². The first-order chi connectivity index (χ1) is 17.9. The number of nitrogens with zero attached hydrogens (tertiary/aromatic N) is 7. The summed E-state index contributed by atoms with van der Waals surface area (Å²) < 4.78 is 36.8. The minimum absolute atomic E-state index is 0.162. The largest absolute Gasteiger partial charge is 0.464 e. The molecule has 192 valence electrons. The third kappa shape index (κ3) is 4.44. The zero-order chi connectivity index (χ0) is 25.7. The van der Waals surface area contributed by atoms with Crippen molar-refractivity contribution in [1.29, 1.82) is 0 Å². The van der Waals surface area contributed by atoms with E-state index in [0.29, 0.717) is 52.5 Å².